The highest BCUT2D eigenvalue weighted by Gasteiger charge is 2.45. The van der Waals surface area contributed by atoms with Crippen LogP contribution in [0.1, 0.15) is 11.1 Å². The lowest BCUT2D eigenvalue weighted by atomic mass is 9.84. The minimum atomic E-state index is -0.652. The number of hydrogen-bond donors (Lipinski definition) is 0. The molecule has 4 aromatic rings. The Balaban J connectivity index is 1.61. The van der Waals surface area contributed by atoms with Gasteiger partial charge in [-0.2, -0.15) is 0 Å². The molecule has 0 N–H and O–H groups in total. The van der Waals surface area contributed by atoms with E-state index in [1.54, 1.807) is 0 Å². The highest BCUT2D eigenvalue weighted by atomic mass is 16.5. The third-order valence-electron chi connectivity index (χ3n) is 6.04. The molecule has 28 heavy (non-hydrogen) atoms. The maximum atomic E-state index is 6.80. The third kappa shape index (κ3) is 1.92. The minimum Gasteiger partial charge on any atom is -0.459 e. The van der Waals surface area contributed by atoms with Gasteiger partial charge in [0.1, 0.15) is 5.75 Å². The van der Waals surface area contributed by atoms with E-state index in [9.17, 15) is 0 Å². The van der Waals surface area contributed by atoms with Crippen LogP contribution < -0.4 is 9.64 Å². The predicted octanol–water partition coefficient (Wildman–Crippen LogP) is 6.22. The van der Waals surface area contributed by atoms with E-state index < -0.39 is 5.72 Å². The lowest BCUT2D eigenvalue weighted by Gasteiger charge is -2.47. The second-order valence-corrected chi connectivity index (χ2v) is 7.45. The van der Waals surface area contributed by atoms with Crippen molar-refractivity contribution < 1.29 is 4.74 Å². The lowest BCUT2D eigenvalue weighted by molar-refractivity contribution is 0.116. The number of rotatable bonds is 0. The first-order valence-electron chi connectivity index (χ1n) is 9.61. The van der Waals surface area contributed by atoms with Gasteiger partial charge in [-0.1, -0.05) is 72.8 Å². The number of benzene rings is 4. The Bertz CT molecular complexity index is 1270. The Labute approximate surface area is 164 Å². The van der Waals surface area contributed by atoms with Crippen LogP contribution in [-0.4, -0.2) is 7.05 Å². The predicted molar refractivity (Wildman–Crippen MR) is 116 cm³/mol. The van der Waals surface area contributed by atoms with E-state index >= 15 is 0 Å². The maximum absolute atomic E-state index is 6.80. The quantitative estimate of drug-likeness (QED) is 0.369. The van der Waals surface area contributed by atoms with Gasteiger partial charge >= 0.3 is 0 Å². The summed E-state index contributed by atoms with van der Waals surface area (Å²) in [5.74, 6) is 0.919. The van der Waals surface area contributed by atoms with Gasteiger partial charge in [0.25, 0.3) is 0 Å². The SMILES string of the molecule is CN1c2ccccc2-c2ccccc2[C@@]12C=Cc1c(ccc3ccccc13)O2. The molecule has 1 atom stereocenters. The summed E-state index contributed by atoms with van der Waals surface area (Å²) < 4.78 is 6.80. The molecule has 6 rings (SSSR count). The smallest absolute Gasteiger partial charge is 0.229 e. The average molecular weight is 361 g/mol. The lowest BCUT2D eigenvalue weighted by Crippen LogP contribution is -2.50. The summed E-state index contributed by atoms with van der Waals surface area (Å²) in [6, 6.07) is 29.8. The van der Waals surface area contributed by atoms with Crippen molar-refractivity contribution >= 4 is 22.5 Å². The van der Waals surface area contributed by atoms with Gasteiger partial charge in [-0.05, 0) is 40.6 Å². The molecule has 0 amide bonds. The number of anilines is 1. The van der Waals surface area contributed by atoms with Crippen LogP contribution in [0.5, 0.6) is 5.75 Å². The van der Waals surface area contributed by atoms with E-state index in [4.69, 9.17) is 4.74 Å². The molecule has 134 valence electrons. The van der Waals surface area contributed by atoms with Crippen molar-refractivity contribution in [2.45, 2.75) is 5.72 Å². The van der Waals surface area contributed by atoms with Crippen LogP contribution in [0.2, 0.25) is 0 Å². The Kier molecular flexibility index (Phi) is 3.05. The fourth-order valence-corrected chi connectivity index (χ4v) is 4.64. The standard InChI is InChI=1S/C26H19NO/c1-27-24-13-7-5-11-21(24)20-10-4-6-12-23(20)26(27)17-16-22-19-9-3-2-8-18(19)14-15-25(22)28-26/h2-17H,1H3/t26-/m0/s1. The van der Waals surface area contributed by atoms with Gasteiger partial charge in [0.05, 0.1) is 0 Å². The summed E-state index contributed by atoms with van der Waals surface area (Å²) in [5.41, 5.74) is 5.31. The molecule has 2 heteroatoms. The molecule has 0 fully saturated rings. The second kappa shape index (κ2) is 5.49. The molecule has 1 spiro atoms. The molecule has 0 bridgehead atoms. The second-order valence-electron chi connectivity index (χ2n) is 7.45. The van der Waals surface area contributed by atoms with Gasteiger partial charge in [0.2, 0.25) is 5.72 Å². The highest BCUT2D eigenvalue weighted by molar-refractivity contribution is 5.95. The van der Waals surface area contributed by atoms with Gasteiger partial charge in [-0.25, -0.2) is 0 Å². The molecule has 0 saturated heterocycles. The van der Waals surface area contributed by atoms with E-state index in [-0.39, 0.29) is 0 Å². The number of hydrogen-bond acceptors (Lipinski definition) is 2. The van der Waals surface area contributed by atoms with E-state index in [1.165, 1.54) is 33.2 Å². The van der Waals surface area contributed by atoms with Gasteiger partial charge in [0.15, 0.2) is 0 Å². The summed E-state index contributed by atoms with van der Waals surface area (Å²) >= 11 is 0. The molecular weight excluding hydrogens is 342 g/mol. The molecule has 4 aromatic carbocycles. The van der Waals surface area contributed by atoms with Crippen LogP contribution in [-0.2, 0) is 5.72 Å². The summed E-state index contributed by atoms with van der Waals surface area (Å²) in [7, 11) is 2.12. The fraction of sp³-hybridized carbons (Fsp3) is 0.0769. The topological polar surface area (TPSA) is 12.5 Å². The summed E-state index contributed by atoms with van der Waals surface area (Å²) in [4.78, 5) is 2.25. The van der Waals surface area contributed by atoms with Crippen LogP contribution in [0, 0.1) is 0 Å². The average Bonchev–Trinajstić information content (AvgIpc) is 2.77. The van der Waals surface area contributed by atoms with Gasteiger partial charge in [-0.15, -0.1) is 0 Å². The van der Waals surface area contributed by atoms with E-state index in [0.29, 0.717) is 0 Å². The number of nitrogens with zero attached hydrogens (tertiary/aromatic N) is 1. The minimum absolute atomic E-state index is 0.652. The summed E-state index contributed by atoms with van der Waals surface area (Å²) in [6.45, 7) is 0. The van der Waals surface area contributed by atoms with Gasteiger partial charge in [0, 0.05) is 29.4 Å². The van der Waals surface area contributed by atoms with Crippen LogP contribution >= 0.6 is 0 Å². The zero-order valence-electron chi connectivity index (χ0n) is 15.6. The van der Waals surface area contributed by atoms with Crippen molar-refractivity contribution in [3.05, 3.63) is 102 Å². The summed E-state index contributed by atoms with van der Waals surface area (Å²) in [5, 5.41) is 2.45. The molecule has 2 nitrogen and oxygen atoms in total. The van der Waals surface area contributed by atoms with Crippen molar-refractivity contribution in [1.29, 1.82) is 0 Å². The third-order valence-corrected chi connectivity index (χ3v) is 6.04. The zero-order chi connectivity index (χ0) is 18.7. The molecule has 0 unspecified atom stereocenters. The van der Waals surface area contributed by atoms with E-state index in [1.807, 2.05) is 0 Å². The van der Waals surface area contributed by atoms with Crippen LogP contribution in [0.3, 0.4) is 0 Å². The Morgan fingerprint density at radius 1 is 0.750 bits per heavy atom. The summed E-state index contributed by atoms with van der Waals surface area (Å²) in [6.07, 6.45) is 4.43. The molecule has 2 heterocycles. The maximum Gasteiger partial charge on any atom is 0.229 e. The monoisotopic (exact) mass is 361 g/mol. The molecule has 0 aromatic heterocycles. The van der Waals surface area contributed by atoms with E-state index in [2.05, 4.69) is 109 Å². The fourth-order valence-electron chi connectivity index (χ4n) is 4.64. The molecule has 0 saturated carbocycles. The zero-order valence-corrected chi connectivity index (χ0v) is 15.6. The van der Waals surface area contributed by atoms with Crippen LogP contribution in [0.4, 0.5) is 5.69 Å². The Hall–Kier alpha value is -3.52. The number of ether oxygens (including phenoxy) is 1. The molecule has 0 aliphatic carbocycles. The molecule has 2 aliphatic rings. The molecule has 0 radical (unpaired) electrons. The first-order valence-corrected chi connectivity index (χ1v) is 9.61. The molecular formula is C26H19NO. The number of para-hydroxylation sites is 1. The van der Waals surface area contributed by atoms with Crippen molar-refractivity contribution in [3.63, 3.8) is 0 Å². The van der Waals surface area contributed by atoms with E-state index in [0.717, 1.165) is 11.3 Å². The van der Waals surface area contributed by atoms with Crippen LogP contribution in [0.15, 0.2) is 91.0 Å². The van der Waals surface area contributed by atoms with Crippen LogP contribution in [0.25, 0.3) is 28.0 Å². The highest BCUT2D eigenvalue weighted by Crippen LogP contribution is 2.51. The first kappa shape index (κ1) is 15.5. The Morgan fingerprint density at radius 3 is 2.43 bits per heavy atom. The van der Waals surface area contributed by atoms with Gasteiger partial charge < -0.3 is 9.64 Å². The molecule has 2 aliphatic heterocycles. The van der Waals surface area contributed by atoms with Crippen molar-refractivity contribution in [3.8, 4) is 16.9 Å². The van der Waals surface area contributed by atoms with Crippen molar-refractivity contribution in [2.75, 3.05) is 11.9 Å². The number of fused-ring (bicyclic) bond motifs is 7. The largest absolute Gasteiger partial charge is 0.459 e. The Morgan fingerprint density at radius 2 is 1.50 bits per heavy atom. The van der Waals surface area contributed by atoms with Crippen molar-refractivity contribution in [2.24, 2.45) is 0 Å². The van der Waals surface area contributed by atoms with Crippen molar-refractivity contribution in [1.82, 2.24) is 0 Å². The normalized spacial score (nSPS) is 19.1. The van der Waals surface area contributed by atoms with Gasteiger partial charge in [-0.3, -0.25) is 0 Å². The first-order chi connectivity index (χ1) is 13.8. The number of likely N-dealkylation sites (N-methyl/N-ethyl adjacent to an activating group) is 1.